The number of hydrogen-bond donors (Lipinski definition) is 1. The van der Waals surface area contributed by atoms with Gasteiger partial charge in [0, 0.05) is 43.4 Å². The number of rotatable bonds is 15. The molecule has 0 spiro atoms. The van der Waals surface area contributed by atoms with Crippen LogP contribution >= 0.6 is 21.6 Å². The van der Waals surface area contributed by atoms with E-state index < -0.39 is 69.9 Å². The maximum atomic E-state index is 14.5. The van der Waals surface area contributed by atoms with Crippen LogP contribution in [-0.2, 0) is 44.5 Å². The van der Waals surface area contributed by atoms with Gasteiger partial charge in [-0.05, 0) is 95.2 Å². The van der Waals surface area contributed by atoms with Gasteiger partial charge >= 0.3 is 5.97 Å². The van der Waals surface area contributed by atoms with Crippen molar-refractivity contribution < 1.29 is 40.8 Å². The Morgan fingerprint density at radius 1 is 0.692 bits per heavy atom. The zero-order valence-corrected chi connectivity index (χ0v) is 42.3. The van der Waals surface area contributed by atoms with Crippen LogP contribution in [-0.4, -0.2) is 119 Å². The maximum Gasteiger partial charge on any atom is 0.322 e. The molecule has 0 aromatic heterocycles. The molecule has 18 heteroatoms. The Morgan fingerprint density at radius 2 is 1.15 bits per heavy atom. The molecule has 0 bridgehead atoms. The van der Waals surface area contributed by atoms with Crippen LogP contribution in [0.3, 0.4) is 0 Å². The van der Waals surface area contributed by atoms with E-state index in [9.17, 15) is 36.3 Å². The summed E-state index contributed by atoms with van der Waals surface area (Å²) in [6.45, 7) is 10.1. The van der Waals surface area contributed by atoms with E-state index in [1.165, 1.54) is 54.9 Å². The number of likely N-dealkylation sites (N-methyl/N-ethyl adjacent to an activating group) is 2. The molecule has 7 rings (SSSR count). The molecule has 5 aromatic rings. The van der Waals surface area contributed by atoms with Gasteiger partial charge in [-0.2, -0.15) is 8.61 Å². The van der Waals surface area contributed by atoms with Crippen LogP contribution in [0.15, 0.2) is 119 Å². The van der Waals surface area contributed by atoms with Gasteiger partial charge in [0.2, 0.25) is 31.9 Å². The largest absolute Gasteiger partial charge is 0.480 e. The molecule has 346 valence electrons. The van der Waals surface area contributed by atoms with Crippen LogP contribution in [0.2, 0.25) is 5.04 Å². The number of carbonyl (C=O) groups excluding carboxylic acids is 2. The number of carboxylic acids is 1. The van der Waals surface area contributed by atoms with Gasteiger partial charge in [0.1, 0.15) is 12.1 Å². The third kappa shape index (κ3) is 10.8. The average molecular weight is 977 g/mol. The number of amides is 2. The topological polar surface area (TPSA) is 162 Å². The van der Waals surface area contributed by atoms with Crippen LogP contribution in [0.5, 0.6) is 0 Å². The highest BCUT2D eigenvalue weighted by Gasteiger charge is 2.48. The Hall–Kier alpha value is -4.27. The van der Waals surface area contributed by atoms with Gasteiger partial charge in [-0.3, -0.25) is 14.4 Å². The summed E-state index contributed by atoms with van der Waals surface area (Å²) in [4.78, 5) is 43.4. The summed E-state index contributed by atoms with van der Waals surface area (Å²) in [5, 5.41) is 12.6. The Balaban J connectivity index is 1.07. The smallest absolute Gasteiger partial charge is 0.322 e. The number of benzene rings is 5. The SMILES string of the molecule is CN(CC(=O)N(C)c1ccc(C(C)(C)O[SiH2]C(C)(C)C)cc1)C(=O)[C@@H]1C[C@@H](SS[C@@H]2C[C@@H](C(=O)O)N(S(=O)(=O)c3ccc4ccccc4c3)C2)CN1S(=O)(=O)c1ccc2ccccc2c1. The van der Waals surface area contributed by atoms with Crippen molar-refractivity contribution in [1.82, 2.24) is 13.5 Å². The number of carbonyl (C=O) groups is 3. The Morgan fingerprint density at radius 3 is 1.63 bits per heavy atom. The summed E-state index contributed by atoms with van der Waals surface area (Å²) < 4.78 is 65.6. The van der Waals surface area contributed by atoms with Crippen molar-refractivity contribution in [2.75, 3.05) is 38.6 Å². The van der Waals surface area contributed by atoms with Crippen LogP contribution in [0, 0.1) is 0 Å². The van der Waals surface area contributed by atoms with E-state index in [1.54, 1.807) is 43.4 Å². The average Bonchev–Trinajstić information content (AvgIpc) is 3.93. The van der Waals surface area contributed by atoms with Gasteiger partial charge in [-0.15, -0.1) is 0 Å². The molecular formula is C47H56N4O9S4Si. The van der Waals surface area contributed by atoms with E-state index >= 15 is 0 Å². The number of carboxylic acid groups (broad SMARTS) is 1. The molecule has 0 saturated carbocycles. The number of anilines is 1. The Labute approximate surface area is 392 Å². The molecule has 2 fully saturated rings. The zero-order valence-electron chi connectivity index (χ0n) is 37.6. The first-order valence-electron chi connectivity index (χ1n) is 21.4. The molecular weight excluding hydrogens is 921 g/mol. The summed E-state index contributed by atoms with van der Waals surface area (Å²) in [6.07, 6.45) is 0.155. The number of fused-ring (bicyclic) bond motifs is 2. The lowest BCUT2D eigenvalue weighted by atomic mass is 9.98. The minimum absolute atomic E-state index is 0.00147. The zero-order chi connectivity index (χ0) is 47.1. The second-order valence-corrected chi connectivity index (χ2v) is 27.9. The lowest BCUT2D eigenvalue weighted by Gasteiger charge is -2.31. The van der Waals surface area contributed by atoms with E-state index in [0.29, 0.717) is 11.1 Å². The number of nitrogens with zero attached hydrogens (tertiary/aromatic N) is 4. The third-order valence-corrected chi connectivity index (χ3v) is 20.7. The van der Waals surface area contributed by atoms with Gasteiger partial charge in [0.05, 0.1) is 21.9 Å². The molecule has 0 radical (unpaired) electrons. The normalized spacial score (nSPS) is 20.2. The minimum atomic E-state index is -4.24. The van der Waals surface area contributed by atoms with E-state index in [0.717, 1.165) is 26.0 Å². The summed E-state index contributed by atoms with van der Waals surface area (Å²) in [5.74, 6) is -2.17. The predicted octanol–water partition coefficient (Wildman–Crippen LogP) is 7.10. The fourth-order valence-electron chi connectivity index (χ4n) is 8.09. The van der Waals surface area contributed by atoms with Gasteiger partial charge in [-0.1, -0.05) is 115 Å². The van der Waals surface area contributed by atoms with Gasteiger partial charge in [-0.25, -0.2) is 16.8 Å². The Kier molecular flexibility index (Phi) is 14.3. The number of aliphatic carboxylic acids is 1. The molecule has 4 atom stereocenters. The second-order valence-electron chi connectivity index (χ2n) is 18.5. The van der Waals surface area contributed by atoms with Crippen LogP contribution in [0.4, 0.5) is 5.69 Å². The number of sulfonamides is 2. The van der Waals surface area contributed by atoms with Crippen molar-refractivity contribution in [3.63, 3.8) is 0 Å². The molecule has 1 N–H and O–H groups in total. The Bertz CT molecular complexity index is 2820. The van der Waals surface area contributed by atoms with E-state index in [4.69, 9.17) is 4.43 Å². The van der Waals surface area contributed by atoms with Gasteiger partial charge in [0.25, 0.3) is 0 Å². The molecule has 65 heavy (non-hydrogen) atoms. The highest BCUT2D eigenvalue weighted by Crippen LogP contribution is 2.44. The van der Waals surface area contributed by atoms with Crippen molar-refractivity contribution >= 4 is 96.4 Å². The van der Waals surface area contributed by atoms with Crippen molar-refractivity contribution in [2.24, 2.45) is 0 Å². The van der Waals surface area contributed by atoms with Crippen molar-refractivity contribution in [1.29, 1.82) is 0 Å². The van der Waals surface area contributed by atoms with Crippen LogP contribution < -0.4 is 4.90 Å². The summed E-state index contributed by atoms with van der Waals surface area (Å²) in [5.41, 5.74) is 1.10. The maximum absolute atomic E-state index is 14.5. The van der Waals surface area contributed by atoms with E-state index in [1.807, 2.05) is 74.5 Å². The number of hydrogen-bond acceptors (Lipinski definition) is 10. The molecule has 0 unspecified atom stereocenters. The van der Waals surface area contributed by atoms with Crippen LogP contribution in [0.1, 0.15) is 53.0 Å². The first kappa shape index (κ1) is 48.7. The molecule has 13 nitrogen and oxygen atoms in total. The summed E-state index contributed by atoms with van der Waals surface area (Å²) in [7, 11) is -3.51. The van der Waals surface area contributed by atoms with Gasteiger partial charge < -0.3 is 19.3 Å². The summed E-state index contributed by atoms with van der Waals surface area (Å²) in [6, 6.07) is 29.4. The minimum Gasteiger partial charge on any atom is -0.480 e. The highest BCUT2D eigenvalue weighted by atomic mass is 33.1. The first-order valence-corrected chi connectivity index (χ1v) is 27.8. The van der Waals surface area contributed by atoms with E-state index in [2.05, 4.69) is 20.8 Å². The quantitative estimate of drug-likeness (QED) is 0.0842. The standard InChI is InChI=1S/C47H56N4O9S4Si/c1-46(2,3)65-60-47(4,5)35-18-20-36(21-19-35)49(7)43(52)30-48(6)44(53)41-26-37(28-50(41)63(56,57)39-22-16-31-12-8-10-14-33(31)24-39)61-62-38-27-42(45(54)55)51(29-38)64(58,59)40-23-17-32-13-9-11-15-34(32)25-40/h8-25,37-38,41-42H,26-30,65H2,1-7H3,(H,54,55)/t37-,38-,41+,42+/m1/s1. The highest BCUT2D eigenvalue weighted by molar-refractivity contribution is 8.77. The van der Waals surface area contributed by atoms with E-state index in [-0.39, 0.29) is 53.2 Å². The first-order chi connectivity index (χ1) is 30.5. The van der Waals surface area contributed by atoms with Crippen molar-refractivity contribution in [2.45, 2.75) is 90.5 Å². The molecule has 2 amide bonds. The molecule has 2 aliphatic heterocycles. The fraction of sp³-hybridized carbons (Fsp3) is 0.383. The second kappa shape index (κ2) is 19.1. The predicted molar refractivity (Wildman–Crippen MR) is 263 cm³/mol. The van der Waals surface area contributed by atoms with Crippen molar-refractivity contribution in [3.05, 3.63) is 115 Å². The lowest BCUT2D eigenvalue weighted by molar-refractivity contribution is -0.140. The molecule has 2 saturated heterocycles. The monoisotopic (exact) mass is 976 g/mol. The molecule has 2 aliphatic rings. The molecule has 2 heterocycles. The molecule has 0 aliphatic carbocycles. The van der Waals surface area contributed by atoms with Gasteiger partial charge in [0.15, 0.2) is 9.76 Å². The van der Waals surface area contributed by atoms with Crippen LogP contribution in [0.25, 0.3) is 21.5 Å². The van der Waals surface area contributed by atoms with Crippen molar-refractivity contribution in [3.8, 4) is 0 Å². The third-order valence-electron chi connectivity index (χ3n) is 11.9. The molecule has 5 aromatic carbocycles. The fourth-order valence-corrected chi connectivity index (χ4v) is 15.6. The summed E-state index contributed by atoms with van der Waals surface area (Å²) >= 11 is 0. The lowest BCUT2D eigenvalue weighted by Crippen LogP contribution is -2.49.